The molecule has 8 amide bonds. The number of hydrogen-bond donors (Lipinski definition) is 5. The summed E-state index contributed by atoms with van der Waals surface area (Å²) in [6, 6.07) is 21.1. The van der Waals surface area contributed by atoms with Gasteiger partial charge in [0.2, 0.25) is 23.6 Å². The van der Waals surface area contributed by atoms with E-state index < -0.39 is 77.8 Å². The van der Waals surface area contributed by atoms with Gasteiger partial charge in [-0.05, 0) is 108 Å². The van der Waals surface area contributed by atoms with Gasteiger partial charge in [0.15, 0.2) is 6.61 Å². The monoisotopic (exact) mass is 1150 g/mol. The van der Waals surface area contributed by atoms with Gasteiger partial charge in [-0.3, -0.25) is 53.1 Å². The van der Waals surface area contributed by atoms with Crippen molar-refractivity contribution in [3.8, 4) is 17.6 Å². The summed E-state index contributed by atoms with van der Waals surface area (Å²) in [5.41, 5.74) is -2.84. The second-order valence-electron chi connectivity index (χ2n) is 21.8. The van der Waals surface area contributed by atoms with Gasteiger partial charge >= 0.3 is 13.3 Å². The highest BCUT2D eigenvalue weighted by Gasteiger charge is 2.51. The number of halogens is 2. The van der Waals surface area contributed by atoms with Gasteiger partial charge in [-0.1, -0.05) is 81.5 Å². The van der Waals surface area contributed by atoms with E-state index in [2.05, 4.69) is 27.8 Å². The molecule has 0 spiro atoms. The fraction of sp³-hybridized carbons (Fsp3) is 0.390. The summed E-state index contributed by atoms with van der Waals surface area (Å²) in [4.78, 5) is 130. The lowest BCUT2D eigenvalue weighted by atomic mass is 9.83. The molecule has 18 nitrogen and oxygen atoms in total. The van der Waals surface area contributed by atoms with E-state index in [4.69, 9.17) is 4.74 Å². The van der Waals surface area contributed by atoms with E-state index in [0.29, 0.717) is 54.1 Å². The van der Waals surface area contributed by atoms with Crippen molar-refractivity contribution in [1.82, 2.24) is 30.7 Å². The second kappa shape index (κ2) is 23.8. The van der Waals surface area contributed by atoms with E-state index in [1.165, 1.54) is 29.2 Å². The zero-order valence-electron chi connectivity index (χ0n) is 44.8. The first kappa shape index (κ1) is 58.0. The summed E-state index contributed by atoms with van der Waals surface area (Å²) in [7, 11) is -5.86. The molecule has 5 N–H and O–H groups in total. The number of thiophene rings is 1. The summed E-state index contributed by atoms with van der Waals surface area (Å²) >= 11 is 0.956. The molecule has 0 radical (unpaired) electrons. The van der Waals surface area contributed by atoms with Gasteiger partial charge in [-0.2, -0.15) is 8.78 Å². The fourth-order valence-electron chi connectivity index (χ4n) is 10.7. The lowest BCUT2D eigenvalue weighted by Gasteiger charge is -2.43. The molecule has 4 aliphatic rings. The molecule has 4 aromatic carbocycles. The average Bonchev–Trinajstić information content (AvgIpc) is 4.12. The van der Waals surface area contributed by atoms with Crippen LogP contribution in [0.3, 0.4) is 0 Å². The predicted octanol–water partition coefficient (Wildman–Crippen LogP) is 7.14. The van der Waals surface area contributed by atoms with Crippen molar-refractivity contribution in [1.29, 1.82) is 0 Å². The zero-order valence-corrected chi connectivity index (χ0v) is 46.5. The number of carbonyl (C=O) groups is 8. The molecule has 4 aliphatic heterocycles. The molecule has 9 rings (SSSR count). The number of unbranched alkanes of at least 4 members (excludes halogenated alkanes) is 3. The number of hydrogen-bond acceptors (Lipinski definition) is 11. The average molecular weight is 1150 g/mol. The minimum absolute atomic E-state index is 0.0268. The molecule has 1 aromatic heterocycles. The zero-order chi connectivity index (χ0) is 58.0. The van der Waals surface area contributed by atoms with Crippen molar-refractivity contribution < 1.29 is 66.2 Å². The molecular formula is C59H61F2N6O12PS. The van der Waals surface area contributed by atoms with Crippen LogP contribution in [0.2, 0.25) is 0 Å². The third kappa shape index (κ3) is 12.8. The smallest absolute Gasteiger partial charge is 0.399 e. The normalized spacial score (nSPS) is 18.8. The number of carbonyl (C=O) groups excluding carboxylic acids is 8. The Labute approximate surface area is 470 Å². The molecule has 424 valence electrons. The molecule has 0 aliphatic carbocycles. The third-order valence-electron chi connectivity index (χ3n) is 15.1. The Morgan fingerprint density at radius 1 is 0.889 bits per heavy atom. The van der Waals surface area contributed by atoms with Crippen LogP contribution in [-0.2, 0) is 47.2 Å². The summed E-state index contributed by atoms with van der Waals surface area (Å²) in [5.74, 6) is 2.42. The van der Waals surface area contributed by atoms with Crippen molar-refractivity contribution in [3.05, 3.63) is 135 Å². The Kier molecular flexibility index (Phi) is 17.1. The van der Waals surface area contributed by atoms with Crippen LogP contribution in [0, 0.1) is 17.3 Å². The Morgan fingerprint density at radius 3 is 2.40 bits per heavy atom. The van der Waals surface area contributed by atoms with Gasteiger partial charge in [0.05, 0.1) is 16.0 Å². The highest BCUT2D eigenvalue weighted by atomic mass is 32.1. The highest BCUT2D eigenvalue weighted by Crippen LogP contribution is 2.59. The van der Waals surface area contributed by atoms with Gasteiger partial charge in [0.25, 0.3) is 23.6 Å². The molecule has 4 atom stereocenters. The first-order valence-corrected chi connectivity index (χ1v) is 29.2. The fourth-order valence-corrected chi connectivity index (χ4v) is 12.1. The first-order chi connectivity index (χ1) is 38.5. The third-order valence-corrected chi connectivity index (χ3v) is 17.2. The number of rotatable bonds is 16. The summed E-state index contributed by atoms with van der Waals surface area (Å²) < 4.78 is 47.3. The molecular weight excluding hydrogens is 1090 g/mol. The number of fused-ring (bicyclic) bond motifs is 3. The van der Waals surface area contributed by atoms with Crippen molar-refractivity contribution in [2.24, 2.45) is 5.41 Å². The maximum atomic E-state index is 15.2. The molecule has 5 heterocycles. The molecule has 2 saturated heterocycles. The lowest BCUT2D eigenvalue weighted by molar-refractivity contribution is -0.150. The Hall–Kier alpha value is -7.63. The Bertz CT molecular complexity index is 3460. The predicted molar refractivity (Wildman–Crippen MR) is 295 cm³/mol. The number of benzene rings is 4. The molecule has 5 aromatic rings. The van der Waals surface area contributed by atoms with Crippen LogP contribution in [0.1, 0.15) is 136 Å². The standard InChI is InChI=1S/C59H61F2N6O12PS/c1-58(2,3)51(64-53(71)48-31-39-28-41(19-23-47(39)81-48)59(60,61)80(76,77)78)57(75)66-33-40-29-42(20-18-37(40)30-46(66)56(74)65-26-12-16-38(32-65)36-14-9-7-10-15-36)79-34-50(69)62-25-11-6-4-5-8-13-35-17-21-43-44(27-35)55(73)67(54(43)72)45-22-24-49(68)63-52(45)70/h7,9-10,14-15,17-21,23,27-29,31,38,45-46,51H,4-6,11-12,16,22,24-26,30,32-34H2,1-3H3,(H,62,69)(H,64,71)(H,63,68,70)(H2,76,77,78)/t38-,45?,46-,51?/m0/s1. The Balaban J connectivity index is 0.819. The topological polar surface area (TPSA) is 249 Å². The van der Waals surface area contributed by atoms with E-state index in [-0.39, 0.29) is 71.5 Å². The minimum Gasteiger partial charge on any atom is -0.484 e. The molecule has 0 bridgehead atoms. The van der Waals surface area contributed by atoms with E-state index >= 15 is 4.79 Å². The van der Waals surface area contributed by atoms with E-state index in [9.17, 15) is 56.7 Å². The molecule has 0 saturated carbocycles. The minimum atomic E-state index is -5.86. The van der Waals surface area contributed by atoms with Crippen molar-refractivity contribution >= 4 is 76.3 Å². The van der Waals surface area contributed by atoms with Crippen LogP contribution >= 0.6 is 18.9 Å². The largest absolute Gasteiger partial charge is 0.484 e. The van der Waals surface area contributed by atoms with Crippen LogP contribution < -0.4 is 20.7 Å². The first-order valence-electron chi connectivity index (χ1n) is 26.8. The molecule has 81 heavy (non-hydrogen) atoms. The number of piperidine rings is 2. The number of amides is 8. The second-order valence-corrected chi connectivity index (χ2v) is 24.6. The summed E-state index contributed by atoms with van der Waals surface area (Å²) in [5, 5.41) is 8.06. The molecule has 22 heteroatoms. The molecule has 2 fully saturated rings. The maximum absolute atomic E-state index is 15.2. The number of alkyl halides is 2. The lowest BCUT2D eigenvalue weighted by Crippen LogP contribution is -2.61. The van der Waals surface area contributed by atoms with Gasteiger partial charge in [0, 0.05) is 67.2 Å². The number of nitrogens with zero attached hydrogens (tertiary/aromatic N) is 3. The van der Waals surface area contributed by atoms with E-state index in [1.807, 2.05) is 41.3 Å². The van der Waals surface area contributed by atoms with E-state index in [1.54, 1.807) is 39.0 Å². The quantitative estimate of drug-likeness (QED) is 0.0286. The SMILES string of the molecule is CC(C)(C)C(NC(=O)c1cc2cc(C(F)(F)P(=O)(O)O)ccc2s1)C(=O)N1Cc2cc(OCC(=O)NCCCCCC#Cc3ccc4c(c3)C(=O)N(C3CCC(=O)NC3=O)C4=O)ccc2C[C@H]1C(=O)N1CCC[C@H](c2ccccc2)C1. The van der Waals surface area contributed by atoms with Crippen LogP contribution in [0.15, 0.2) is 91.0 Å². The van der Waals surface area contributed by atoms with Crippen molar-refractivity contribution in [2.75, 3.05) is 26.2 Å². The summed E-state index contributed by atoms with van der Waals surface area (Å²) in [6.07, 6.45) is 4.57. The number of nitrogens with one attached hydrogen (secondary N) is 3. The van der Waals surface area contributed by atoms with Gasteiger partial charge in [-0.15, -0.1) is 11.3 Å². The summed E-state index contributed by atoms with van der Waals surface area (Å²) in [6.45, 7) is 6.31. The molecule has 2 unspecified atom stereocenters. The number of imide groups is 2. The van der Waals surface area contributed by atoms with Gasteiger partial charge in [0.1, 0.15) is 23.9 Å². The number of ether oxygens (including phenoxy) is 1. The Morgan fingerprint density at radius 2 is 1.65 bits per heavy atom. The van der Waals surface area contributed by atoms with E-state index in [0.717, 1.165) is 65.2 Å². The van der Waals surface area contributed by atoms with Crippen LogP contribution in [-0.4, -0.2) is 116 Å². The van der Waals surface area contributed by atoms with Gasteiger partial charge < -0.3 is 35.0 Å². The van der Waals surface area contributed by atoms with Crippen LogP contribution in [0.4, 0.5) is 8.78 Å². The van der Waals surface area contributed by atoms with Crippen LogP contribution in [0.25, 0.3) is 10.1 Å². The maximum Gasteiger partial charge on any atom is 0.399 e. The van der Waals surface area contributed by atoms with Gasteiger partial charge in [-0.25, -0.2) is 0 Å². The highest BCUT2D eigenvalue weighted by molar-refractivity contribution is 7.52. The number of likely N-dealkylation sites (tertiary alicyclic amines) is 1. The van der Waals surface area contributed by atoms with Crippen molar-refractivity contribution in [3.63, 3.8) is 0 Å². The van der Waals surface area contributed by atoms with Crippen molar-refractivity contribution in [2.45, 2.75) is 115 Å². The van der Waals surface area contributed by atoms with Crippen LogP contribution in [0.5, 0.6) is 5.75 Å².